The van der Waals surface area contributed by atoms with Crippen molar-refractivity contribution in [1.29, 1.82) is 0 Å². The third-order valence-corrected chi connectivity index (χ3v) is 1.57. The lowest BCUT2D eigenvalue weighted by Gasteiger charge is -2.21. The second-order valence-electron chi connectivity index (χ2n) is 3.29. The smallest absolute Gasteiger partial charge is 0.324 e. The van der Waals surface area contributed by atoms with Crippen molar-refractivity contribution in [2.45, 2.75) is 32.4 Å². The Morgan fingerprint density at radius 2 is 2.09 bits per heavy atom. The summed E-state index contributed by atoms with van der Waals surface area (Å²) in [5.41, 5.74) is 4.95. The Morgan fingerprint density at radius 3 is 2.36 bits per heavy atom. The summed E-state index contributed by atoms with van der Waals surface area (Å²) in [5, 5.41) is 0.432. The summed E-state index contributed by atoms with van der Waals surface area (Å²) in [4.78, 5) is 11.0. The van der Waals surface area contributed by atoms with Gasteiger partial charge in [0.15, 0.2) is 0 Å². The molecule has 0 saturated heterocycles. The van der Waals surface area contributed by atoms with E-state index in [2.05, 4.69) is 15.9 Å². The molecule has 0 aliphatic carbocycles. The van der Waals surface area contributed by atoms with E-state index in [1.807, 2.05) is 20.8 Å². The lowest BCUT2D eigenvalue weighted by atomic mass is 10.2. The van der Waals surface area contributed by atoms with Gasteiger partial charge >= 0.3 is 5.97 Å². The number of halogens is 1. The minimum Gasteiger partial charge on any atom is -0.459 e. The summed E-state index contributed by atoms with van der Waals surface area (Å²) in [7, 11) is 0. The second kappa shape index (κ2) is 4.07. The molecule has 0 saturated carbocycles. The third kappa shape index (κ3) is 5.21. The fourth-order valence-electron chi connectivity index (χ4n) is 0.440. The van der Waals surface area contributed by atoms with Crippen molar-refractivity contribution in [2.24, 2.45) is 5.73 Å². The van der Waals surface area contributed by atoms with Crippen LogP contribution in [0.1, 0.15) is 20.8 Å². The molecule has 11 heavy (non-hydrogen) atoms. The van der Waals surface area contributed by atoms with E-state index >= 15 is 0 Å². The Hall–Kier alpha value is -0.0900. The van der Waals surface area contributed by atoms with Gasteiger partial charge in [-0.2, -0.15) is 0 Å². The monoisotopic (exact) mass is 223 g/mol. The van der Waals surface area contributed by atoms with Gasteiger partial charge in [-0.25, -0.2) is 0 Å². The molecule has 4 heteroatoms. The van der Waals surface area contributed by atoms with Gasteiger partial charge in [-0.05, 0) is 20.8 Å². The molecule has 0 bridgehead atoms. The Labute approximate surface area is 75.4 Å². The maximum atomic E-state index is 11.0. The molecule has 3 nitrogen and oxygen atoms in total. The van der Waals surface area contributed by atoms with Crippen LogP contribution in [0.5, 0.6) is 0 Å². The largest absolute Gasteiger partial charge is 0.459 e. The molecule has 0 radical (unpaired) electrons. The van der Waals surface area contributed by atoms with Crippen LogP contribution in [0.4, 0.5) is 0 Å². The van der Waals surface area contributed by atoms with Crippen molar-refractivity contribution < 1.29 is 9.53 Å². The van der Waals surface area contributed by atoms with Crippen LogP contribution in [0, 0.1) is 0 Å². The summed E-state index contributed by atoms with van der Waals surface area (Å²) in [6.45, 7) is 5.43. The van der Waals surface area contributed by atoms with Gasteiger partial charge in [-0.3, -0.25) is 4.79 Å². The molecule has 1 atom stereocenters. The van der Waals surface area contributed by atoms with Gasteiger partial charge in [0.25, 0.3) is 0 Å². The first-order chi connectivity index (χ1) is 4.87. The van der Waals surface area contributed by atoms with Crippen LogP contribution in [-0.2, 0) is 9.53 Å². The predicted octanol–water partition coefficient (Wildman–Crippen LogP) is 1.05. The van der Waals surface area contributed by atoms with E-state index in [1.54, 1.807) is 0 Å². The molecule has 0 amide bonds. The predicted molar refractivity (Wildman–Crippen MR) is 47.6 cm³/mol. The van der Waals surface area contributed by atoms with Crippen molar-refractivity contribution in [1.82, 2.24) is 0 Å². The minimum atomic E-state index is -0.561. The first-order valence-corrected chi connectivity index (χ1v) is 4.53. The van der Waals surface area contributed by atoms with Crippen molar-refractivity contribution in [3.8, 4) is 0 Å². The zero-order valence-corrected chi connectivity index (χ0v) is 8.64. The first-order valence-electron chi connectivity index (χ1n) is 3.41. The van der Waals surface area contributed by atoms with Gasteiger partial charge in [-0.15, -0.1) is 0 Å². The van der Waals surface area contributed by atoms with Crippen LogP contribution in [0.3, 0.4) is 0 Å². The number of rotatable bonds is 2. The van der Waals surface area contributed by atoms with Gasteiger partial charge in [-0.1, -0.05) is 15.9 Å². The minimum absolute atomic E-state index is 0.366. The number of carbonyl (C=O) groups excluding carboxylic acids is 1. The molecule has 0 rings (SSSR count). The zero-order chi connectivity index (χ0) is 9.07. The Morgan fingerprint density at radius 1 is 1.64 bits per heavy atom. The van der Waals surface area contributed by atoms with Crippen LogP contribution < -0.4 is 5.73 Å². The normalized spacial score (nSPS) is 14.3. The number of nitrogens with two attached hydrogens (primary N) is 1. The van der Waals surface area contributed by atoms with E-state index < -0.39 is 11.6 Å². The number of ether oxygens (including phenoxy) is 1. The van der Waals surface area contributed by atoms with Gasteiger partial charge in [0, 0.05) is 5.33 Å². The maximum absolute atomic E-state index is 11.0. The Kier molecular flexibility index (Phi) is 4.03. The molecule has 0 spiro atoms. The highest BCUT2D eigenvalue weighted by Crippen LogP contribution is 2.08. The lowest BCUT2D eigenvalue weighted by Crippen LogP contribution is -2.38. The van der Waals surface area contributed by atoms with Crippen LogP contribution in [0.15, 0.2) is 0 Å². The van der Waals surface area contributed by atoms with Crippen LogP contribution in [0.25, 0.3) is 0 Å². The molecular weight excluding hydrogens is 210 g/mol. The van der Waals surface area contributed by atoms with E-state index in [0.717, 1.165) is 0 Å². The average Bonchev–Trinajstić information content (AvgIpc) is 1.82. The lowest BCUT2D eigenvalue weighted by molar-refractivity contribution is -0.155. The average molecular weight is 224 g/mol. The Balaban J connectivity index is 3.88. The molecule has 66 valence electrons. The van der Waals surface area contributed by atoms with Crippen LogP contribution in [-0.4, -0.2) is 22.9 Å². The SMILES string of the molecule is CC(C)(C)OC(=O)[C@H](N)CBr. The van der Waals surface area contributed by atoms with E-state index in [0.29, 0.717) is 5.33 Å². The molecule has 0 fully saturated rings. The molecule has 0 aromatic carbocycles. The van der Waals surface area contributed by atoms with Gasteiger partial charge in [0.1, 0.15) is 11.6 Å². The van der Waals surface area contributed by atoms with E-state index in [1.165, 1.54) is 0 Å². The van der Waals surface area contributed by atoms with Crippen molar-refractivity contribution in [2.75, 3.05) is 5.33 Å². The fraction of sp³-hybridized carbons (Fsp3) is 0.857. The summed E-state index contributed by atoms with van der Waals surface area (Å²) >= 11 is 3.10. The molecular formula is C7H14BrNO2. The first kappa shape index (κ1) is 10.9. The third-order valence-electron chi connectivity index (χ3n) is 0.876. The van der Waals surface area contributed by atoms with Crippen molar-refractivity contribution in [3.63, 3.8) is 0 Å². The maximum Gasteiger partial charge on any atom is 0.324 e. The molecule has 0 aromatic rings. The molecule has 2 N–H and O–H groups in total. The molecule has 0 heterocycles. The summed E-state index contributed by atoms with van der Waals surface area (Å²) in [6, 6.07) is -0.561. The summed E-state index contributed by atoms with van der Waals surface area (Å²) in [6.07, 6.45) is 0. The quantitative estimate of drug-likeness (QED) is 0.563. The highest BCUT2D eigenvalue weighted by molar-refractivity contribution is 9.09. The van der Waals surface area contributed by atoms with Gasteiger partial charge < -0.3 is 10.5 Å². The van der Waals surface area contributed by atoms with Crippen molar-refractivity contribution >= 4 is 21.9 Å². The van der Waals surface area contributed by atoms with E-state index in [4.69, 9.17) is 10.5 Å². The molecule has 0 aliphatic heterocycles. The van der Waals surface area contributed by atoms with Crippen molar-refractivity contribution in [3.05, 3.63) is 0 Å². The molecule has 0 aromatic heterocycles. The number of carbonyl (C=O) groups is 1. The van der Waals surface area contributed by atoms with Gasteiger partial charge in [0.2, 0.25) is 0 Å². The van der Waals surface area contributed by atoms with E-state index in [9.17, 15) is 4.79 Å². The number of hydrogen-bond acceptors (Lipinski definition) is 3. The summed E-state index contributed by atoms with van der Waals surface area (Å²) in [5.74, 6) is -0.366. The number of hydrogen-bond donors (Lipinski definition) is 1. The van der Waals surface area contributed by atoms with Crippen LogP contribution in [0.2, 0.25) is 0 Å². The topological polar surface area (TPSA) is 52.3 Å². The van der Waals surface area contributed by atoms with Gasteiger partial charge in [0.05, 0.1) is 0 Å². The van der Waals surface area contributed by atoms with E-state index in [-0.39, 0.29) is 5.97 Å². The standard InChI is InChI=1S/C7H14BrNO2/c1-7(2,3)11-6(10)5(9)4-8/h5H,4,9H2,1-3H3/t5-/m1/s1. The number of esters is 1. The fourth-order valence-corrected chi connectivity index (χ4v) is 0.705. The zero-order valence-electron chi connectivity index (χ0n) is 7.06. The highest BCUT2D eigenvalue weighted by Gasteiger charge is 2.20. The summed E-state index contributed by atoms with van der Waals surface area (Å²) < 4.78 is 5.00. The van der Waals surface area contributed by atoms with Crippen LogP contribution >= 0.6 is 15.9 Å². The highest BCUT2D eigenvalue weighted by atomic mass is 79.9. The number of alkyl halides is 1. The Bertz CT molecular complexity index is 142. The second-order valence-corrected chi connectivity index (χ2v) is 3.94. The molecule has 0 unspecified atom stereocenters. The molecule has 0 aliphatic rings.